The zero-order valence-electron chi connectivity index (χ0n) is 12.6. The average molecular weight is 307 g/mol. The Balaban J connectivity index is 0.00000161. The van der Waals surface area contributed by atoms with Crippen LogP contribution in [0.3, 0.4) is 0 Å². The van der Waals surface area contributed by atoms with Gasteiger partial charge in [-0.3, -0.25) is 4.90 Å². The maximum atomic E-state index is 4.55. The van der Waals surface area contributed by atoms with Crippen molar-refractivity contribution in [3.8, 4) is 5.69 Å². The molecule has 114 valence electrons. The molecule has 1 aliphatic rings. The molecule has 1 aliphatic heterocycles. The van der Waals surface area contributed by atoms with Crippen LogP contribution in [0.4, 0.5) is 0 Å². The Morgan fingerprint density at radius 2 is 2.00 bits per heavy atom. The maximum Gasteiger partial charge on any atom is 0.127 e. The molecule has 2 heterocycles. The molecule has 0 bridgehead atoms. The van der Waals surface area contributed by atoms with Gasteiger partial charge in [0.25, 0.3) is 0 Å². The zero-order valence-corrected chi connectivity index (χ0v) is 13.4. The minimum absolute atomic E-state index is 0. The summed E-state index contributed by atoms with van der Waals surface area (Å²) in [6.45, 7) is 7.56. The number of nitrogens with one attached hydrogen (secondary N) is 1. The summed E-state index contributed by atoms with van der Waals surface area (Å²) in [5.41, 5.74) is 1.18. The van der Waals surface area contributed by atoms with Crippen LogP contribution in [0.2, 0.25) is 0 Å². The topological polar surface area (TPSA) is 33.1 Å². The monoisotopic (exact) mass is 306 g/mol. The number of benzene rings is 1. The number of imidazole rings is 1. The van der Waals surface area contributed by atoms with Crippen molar-refractivity contribution in [3.05, 3.63) is 48.5 Å². The first-order valence-electron chi connectivity index (χ1n) is 7.31. The largest absolute Gasteiger partial charge is 0.311 e. The van der Waals surface area contributed by atoms with Crippen LogP contribution in [0.15, 0.2) is 42.7 Å². The lowest BCUT2D eigenvalue weighted by atomic mass is 10.1. The Morgan fingerprint density at radius 1 is 1.24 bits per heavy atom. The highest BCUT2D eigenvalue weighted by atomic mass is 35.5. The second-order valence-electron chi connectivity index (χ2n) is 5.50. The number of hydrogen-bond acceptors (Lipinski definition) is 3. The SMILES string of the molecule is CC1NCCN(Cc2nccn2-c2ccccc2)C1C.Cl. The average Bonchev–Trinajstić information content (AvgIpc) is 2.93. The lowest BCUT2D eigenvalue weighted by Crippen LogP contribution is -2.54. The summed E-state index contributed by atoms with van der Waals surface area (Å²) in [7, 11) is 0. The van der Waals surface area contributed by atoms with E-state index in [9.17, 15) is 0 Å². The van der Waals surface area contributed by atoms with Gasteiger partial charge in [0.15, 0.2) is 0 Å². The van der Waals surface area contributed by atoms with Crippen molar-refractivity contribution < 1.29 is 0 Å². The first kappa shape index (κ1) is 16.0. The van der Waals surface area contributed by atoms with E-state index in [0.717, 1.165) is 25.5 Å². The van der Waals surface area contributed by atoms with Crippen molar-refractivity contribution in [1.29, 1.82) is 0 Å². The fraction of sp³-hybridized carbons (Fsp3) is 0.438. The van der Waals surface area contributed by atoms with Gasteiger partial charge in [0, 0.05) is 43.3 Å². The highest BCUT2D eigenvalue weighted by Gasteiger charge is 2.25. The summed E-state index contributed by atoms with van der Waals surface area (Å²) in [4.78, 5) is 7.05. The number of para-hydroxylation sites is 1. The lowest BCUT2D eigenvalue weighted by Gasteiger charge is -2.38. The van der Waals surface area contributed by atoms with Crippen molar-refractivity contribution in [2.45, 2.75) is 32.5 Å². The molecule has 1 N–H and O–H groups in total. The van der Waals surface area contributed by atoms with Gasteiger partial charge in [-0.25, -0.2) is 4.98 Å². The molecular weight excluding hydrogens is 284 g/mol. The number of aromatic nitrogens is 2. The molecular formula is C16H23ClN4. The van der Waals surface area contributed by atoms with Crippen LogP contribution in [-0.4, -0.2) is 39.6 Å². The summed E-state index contributed by atoms with van der Waals surface area (Å²) < 4.78 is 2.18. The van der Waals surface area contributed by atoms with E-state index in [0.29, 0.717) is 12.1 Å². The highest BCUT2D eigenvalue weighted by molar-refractivity contribution is 5.85. The fourth-order valence-corrected chi connectivity index (χ4v) is 2.81. The van der Waals surface area contributed by atoms with Crippen molar-refractivity contribution in [1.82, 2.24) is 19.8 Å². The van der Waals surface area contributed by atoms with E-state index in [1.54, 1.807) is 0 Å². The minimum Gasteiger partial charge on any atom is -0.311 e. The van der Waals surface area contributed by atoms with Crippen LogP contribution in [0, 0.1) is 0 Å². The van der Waals surface area contributed by atoms with Crippen LogP contribution in [0.25, 0.3) is 5.69 Å². The maximum absolute atomic E-state index is 4.55. The van der Waals surface area contributed by atoms with E-state index in [1.165, 1.54) is 5.69 Å². The van der Waals surface area contributed by atoms with Gasteiger partial charge in [0.2, 0.25) is 0 Å². The van der Waals surface area contributed by atoms with Crippen LogP contribution >= 0.6 is 12.4 Å². The molecule has 2 atom stereocenters. The normalized spacial score (nSPS) is 22.8. The first-order valence-corrected chi connectivity index (χ1v) is 7.31. The van der Waals surface area contributed by atoms with Crippen LogP contribution in [0.5, 0.6) is 0 Å². The third-order valence-corrected chi connectivity index (χ3v) is 4.26. The van der Waals surface area contributed by atoms with Crippen LogP contribution in [-0.2, 0) is 6.54 Å². The first-order chi connectivity index (χ1) is 9.75. The van der Waals surface area contributed by atoms with Crippen molar-refractivity contribution in [2.24, 2.45) is 0 Å². The van der Waals surface area contributed by atoms with Gasteiger partial charge in [0.1, 0.15) is 5.82 Å². The van der Waals surface area contributed by atoms with E-state index in [2.05, 4.69) is 57.9 Å². The summed E-state index contributed by atoms with van der Waals surface area (Å²) >= 11 is 0. The fourth-order valence-electron chi connectivity index (χ4n) is 2.81. The summed E-state index contributed by atoms with van der Waals surface area (Å²) in [5.74, 6) is 1.11. The Morgan fingerprint density at radius 3 is 2.76 bits per heavy atom. The van der Waals surface area contributed by atoms with Gasteiger partial charge in [0.05, 0.1) is 6.54 Å². The smallest absolute Gasteiger partial charge is 0.127 e. The highest BCUT2D eigenvalue weighted by Crippen LogP contribution is 2.16. The van der Waals surface area contributed by atoms with Gasteiger partial charge in [-0.2, -0.15) is 0 Å². The Labute approximate surface area is 132 Å². The zero-order chi connectivity index (χ0) is 13.9. The third kappa shape index (κ3) is 3.46. The molecule has 0 spiro atoms. The van der Waals surface area contributed by atoms with Gasteiger partial charge in [-0.05, 0) is 26.0 Å². The number of rotatable bonds is 3. The van der Waals surface area contributed by atoms with Gasteiger partial charge in [-0.15, -0.1) is 12.4 Å². The molecule has 5 heteroatoms. The van der Waals surface area contributed by atoms with Crippen molar-refractivity contribution in [2.75, 3.05) is 13.1 Å². The van der Waals surface area contributed by atoms with E-state index in [-0.39, 0.29) is 12.4 Å². The lowest BCUT2D eigenvalue weighted by molar-refractivity contribution is 0.127. The number of piperazine rings is 1. The van der Waals surface area contributed by atoms with Gasteiger partial charge in [-0.1, -0.05) is 18.2 Å². The van der Waals surface area contributed by atoms with Crippen molar-refractivity contribution >= 4 is 12.4 Å². The Bertz CT molecular complexity index is 554. The standard InChI is InChI=1S/C16H22N4.ClH/c1-13-14(2)19(10-8-17-13)12-16-18-9-11-20(16)15-6-4-3-5-7-15;/h3-7,9,11,13-14,17H,8,10,12H2,1-2H3;1H. The summed E-state index contributed by atoms with van der Waals surface area (Å²) in [6, 6.07) is 11.5. The molecule has 0 radical (unpaired) electrons. The Kier molecular flexibility index (Phi) is 5.39. The molecule has 1 aromatic carbocycles. The van der Waals surface area contributed by atoms with Crippen molar-refractivity contribution in [3.63, 3.8) is 0 Å². The number of nitrogens with zero attached hydrogens (tertiary/aromatic N) is 3. The van der Waals surface area contributed by atoms with Crippen LogP contribution < -0.4 is 5.32 Å². The molecule has 0 saturated carbocycles. The molecule has 1 saturated heterocycles. The predicted molar refractivity (Wildman–Crippen MR) is 88.1 cm³/mol. The molecule has 2 unspecified atom stereocenters. The molecule has 0 aliphatic carbocycles. The third-order valence-electron chi connectivity index (χ3n) is 4.26. The van der Waals surface area contributed by atoms with E-state index < -0.39 is 0 Å². The molecule has 2 aromatic rings. The van der Waals surface area contributed by atoms with Gasteiger partial charge < -0.3 is 9.88 Å². The molecule has 3 rings (SSSR count). The minimum atomic E-state index is 0. The number of hydrogen-bond donors (Lipinski definition) is 1. The van der Waals surface area contributed by atoms with Crippen LogP contribution in [0.1, 0.15) is 19.7 Å². The second-order valence-corrected chi connectivity index (χ2v) is 5.50. The van der Waals surface area contributed by atoms with E-state index in [4.69, 9.17) is 0 Å². The Hall–Kier alpha value is -1.36. The molecule has 0 amide bonds. The molecule has 1 aromatic heterocycles. The van der Waals surface area contributed by atoms with Gasteiger partial charge >= 0.3 is 0 Å². The summed E-state index contributed by atoms with van der Waals surface area (Å²) in [6.07, 6.45) is 3.93. The number of halogens is 1. The quantitative estimate of drug-likeness (QED) is 0.946. The second kappa shape index (κ2) is 7.07. The summed E-state index contributed by atoms with van der Waals surface area (Å²) in [5, 5.41) is 3.52. The predicted octanol–water partition coefficient (Wildman–Crippen LogP) is 2.48. The van der Waals surface area contributed by atoms with E-state index >= 15 is 0 Å². The van der Waals surface area contributed by atoms with E-state index in [1.807, 2.05) is 18.5 Å². The molecule has 21 heavy (non-hydrogen) atoms. The molecule has 4 nitrogen and oxygen atoms in total. The molecule has 1 fully saturated rings.